The summed E-state index contributed by atoms with van der Waals surface area (Å²) in [7, 11) is 0. The van der Waals surface area contributed by atoms with E-state index in [1.165, 1.54) is 19.3 Å². The smallest absolute Gasteiger partial charge is 0.134 e. The van der Waals surface area contributed by atoms with E-state index < -0.39 is 0 Å². The van der Waals surface area contributed by atoms with Crippen LogP contribution in [0.2, 0.25) is 0 Å². The van der Waals surface area contributed by atoms with E-state index in [-0.39, 0.29) is 0 Å². The SMILES string of the molecule is CCCCCN(c1cc(NCC)nc(CCC)n1)C(C)C. The highest BCUT2D eigenvalue weighted by molar-refractivity contribution is 5.50. The van der Waals surface area contributed by atoms with Gasteiger partial charge < -0.3 is 10.2 Å². The normalized spacial score (nSPS) is 11.0. The Morgan fingerprint density at radius 1 is 1.10 bits per heavy atom. The minimum Gasteiger partial charge on any atom is -0.370 e. The van der Waals surface area contributed by atoms with Gasteiger partial charge in [-0.25, -0.2) is 9.97 Å². The molecule has 0 unspecified atom stereocenters. The first-order valence-electron chi connectivity index (χ1n) is 8.50. The van der Waals surface area contributed by atoms with Gasteiger partial charge in [-0.05, 0) is 33.6 Å². The van der Waals surface area contributed by atoms with Gasteiger partial charge >= 0.3 is 0 Å². The Labute approximate surface area is 130 Å². The van der Waals surface area contributed by atoms with E-state index in [0.717, 1.165) is 43.4 Å². The lowest BCUT2D eigenvalue weighted by atomic mass is 10.2. The second kappa shape index (κ2) is 9.59. The quantitative estimate of drug-likeness (QED) is 0.654. The number of aromatic nitrogens is 2. The van der Waals surface area contributed by atoms with Crippen molar-refractivity contribution < 1.29 is 0 Å². The number of nitrogens with one attached hydrogen (secondary N) is 1. The molecule has 0 atom stereocenters. The second-order valence-electron chi connectivity index (χ2n) is 5.80. The zero-order chi connectivity index (χ0) is 15.7. The van der Waals surface area contributed by atoms with Crippen LogP contribution in [-0.4, -0.2) is 29.1 Å². The fourth-order valence-electron chi connectivity index (χ4n) is 2.41. The summed E-state index contributed by atoms with van der Waals surface area (Å²) >= 11 is 0. The van der Waals surface area contributed by atoms with Crippen LogP contribution >= 0.6 is 0 Å². The number of rotatable bonds is 10. The monoisotopic (exact) mass is 292 g/mol. The maximum atomic E-state index is 4.78. The van der Waals surface area contributed by atoms with Crippen LogP contribution in [-0.2, 0) is 6.42 Å². The molecule has 0 aliphatic rings. The molecule has 0 radical (unpaired) electrons. The number of aryl methyl sites for hydroxylation is 1. The van der Waals surface area contributed by atoms with Crippen molar-refractivity contribution in [3.05, 3.63) is 11.9 Å². The fourth-order valence-corrected chi connectivity index (χ4v) is 2.41. The fraction of sp³-hybridized carbons (Fsp3) is 0.765. The van der Waals surface area contributed by atoms with Gasteiger partial charge in [-0.3, -0.25) is 0 Å². The number of hydrogen-bond acceptors (Lipinski definition) is 4. The number of hydrogen-bond donors (Lipinski definition) is 1. The molecule has 0 spiro atoms. The summed E-state index contributed by atoms with van der Waals surface area (Å²) in [6.45, 7) is 12.9. The van der Waals surface area contributed by atoms with Crippen molar-refractivity contribution in [2.45, 2.75) is 72.8 Å². The summed E-state index contributed by atoms with van der Waals surface area (Å²) in [6, 6.07) is 2.55. The van der Waals surface area contributed by atoms with Crippen LogP contribution in [0, 0.1) is 0 Å². The van der Waals surface area contributed by atoms with Crippen molar-refractivity contribution in [1.82, 2.24) is 9.97 Å². The molecule has 1 aromatic rings. The van der Waals surface area contributed by atoms with E-state index in [1.54, 1.807) is 0 Å². The lowest BCUT2D eigenvalue weighted by Crippen LogP contribution is -2.33. The average molecular weight is 292 g/mol. The van der Waals surface area contributed by atoms with E-state index in [2.05, 4.69) is 55.9 Å². The highest BCUT2D eigenvalue weighted by atomic mass is 15.2. The molecule has 0 aromatic carbocycles. The molecule has 1 heterocycles. The lowest BCUT2D eigenvalue weighted by Gasteiger charge is -2.28. The van der Waals surface area contributed by atoms with Crippen LogP contribution in [0.5, 0.6) is 0 Å². The maximum Gasteiger partial charge on any atom is 0.134 e. The van der Waals surface area contributed by atoms with Crippen molar-refractivity contribution in [2.75, 3.05) is 23.3 Å². The first kappa shape index (κ1) is 17.7. The maximum absolute atomic E-state index is 4.78. The van der Waals surface area contributed by atoms with Gasteiger partial charge in [0.15, 0.2) is 0 Å². The zero-order valence-electron chi connectivity index (χ0n) is 14.4. The van der Waals surface area contributed by atoms with Gasteiger partial charge in [0, 0.05) is 31.6 Å². The molecule has 0 aliphatic carbocycles. The summed E-state index contributed by atoms with van der Waals surface area (Å²) in [6.07, 6.45) is 5.76. The van der Waals surface area contributed by atoms with E-state index in [1.807, 2.05) is 0 Å². The first-order valence-corrected chi connectivity index (χ1v) is 8.50. The third kappa shape index (κ3) is 5.90. The van der Waals surface area contributed by atoms with Crippen molar-refractivity contribution in [3.8, 4) is 0 Å². The van der Waals surface area contributed by atoms with E-state index in [9.17, 15) is 0 Å². The zero-order valence-corrected chi connectivity index (χ0v) is 14.4. The highest BCUT2D eigenvalue weighted by Crippen LogP contribution is 2.20. The summed E-state index contributed by atoms with van der Waals surface area (Å²) in [4.78, 5) is 11.8. The minimum atomic E-state index is 0.459. The van der Waals surface area contributed by atoms with Gasteiger partial charge in [-0.15, -0.1) is 0 Å². The molecule has 0 amide bonds. The predicted octanol–water partition coefficient (Wildman–Crippen LogP) is 4.27. The van der Waals surface area contributed by atoms with Crippen LogP contribution in [0.15, 0.2) is 6.07 Å². The Hall–Kier alpha value is -1.32. The van der Waals surface area contributed by atoms with Crippen LogP contribution in [0.3, 0.4) is 0 Å². The first-order chi connectivity index (χ1) is 10.1. The molecule has 21 heavy (non-hydrogen) atoms. The minimum absolute atomic E-state index is 0.459. The largest absolute Gasteiger partial charge is 0.370 e. The van der Waals surface area contributed by atoms with Crippen LogP contribution in [0.25, 0.3) is 0 Å². The van der Waals surface area contributed by atoms with E-state index >= 15 is 0 Å². The molecule has 0 aliphatic heterocycles. The molecule has 1 N–H and O–H groups in total. The van der Waals surface area contributed by atoms with Crippen molar-refractivity contribution in [2.24, 2.45) is 0 Å². The van der Waals surface area contributed by atoms with Crippen LogP contribution in [0.4, 0.5) is 11.6 Å². The van der Waals surface area contributed by atoms with Crippen molar-refractivity contribution >= 4 is 11.6 Å². The Bertz CT molecular complexity index is 380. The van der Waals surface area contributed by atoms with E-state index in [4.69, 9.17) is 4.98 Å². The lowest BCUT2D eigenvalue weighted by molar-refractivity contribution is 0.617. The molecule has 0 fully saturated rings. The molecule has 1 aromatic heterocycles. The summed E-state index contributed by atoms with van der Waals surface area (Å²) in [5.41, 5.74) is 0. The van der Waals surface area contributed by atoms with E-state index in [0.29, 0.717) is 6.04 Å². The number of nitrogens with zero attached hydrogens (tertiary/aromatic N) is 3. The Balaban J connectivity index is 2.98. The van der Waals surface area contributed by atoms with Gasteiger partial charge in [0.2, 0.25) is 0 Å². The van der Waals surface area contributed by atoms with Gasteiger partial charge in [0.1, 0.15) is 17.5 Å². The molecule has 4 nitrogen and oxygen atoms in total. The van der Waals surface area contributed by atoms with Crippen molar-refractivity contribution in [3.63, 3.8) is 0 Å². The Kier molecular flexibility index (Phi) is 8.09. The molecule has 4 heteroatoms. The summed E-state index contributed by atoms with van der Waals surface area (Å²) in [5, 5.41) is 3.33. The third-order valence-corrected chi connectivity index (χ3v) is 3.51. The third-order valence-electron chi connectivity index (χ3n) is 3.51. The number of anilines is 2. The van der Waals surface area contributed by atoms with Gasteiger partial charge in [-0.1, -0.05) is 26.7 Å². The average Bonchev–Trinajstić information content (AvgIpc) is 2.43. The molecule has 1 rings (SSSR count). The molecule has 120 valence electrons. The van der Waals surface area contributed by atoms with Crippen LogP contribution in [0.1, 0.15) is 66.1 Å². The second-order valence-corrected chi connectivity index (χ2v) is 5.80. The van der Waals surface area contributed by atoms with Crippen molar-refractivity contribution in [1.29, 1.82) is 0 Å². The summed E-state index contributed by atoms with van der Waals surface area (Å²) < 4.78 is 0. The molecular formula is C17H32N4. The Morgan fingerprint density at radius 2 is 1.86 bits per heavy atom. The van der Waals surface area contributed by atoms with Gasteiger partial charge in [0.25, 0.3) is 0 Å². The molecule has 0 saturated carbocycles. The topological polar surface area (TPSA) is 41.0 Å². The molecular weight excluding hydrogens is 260 g/mol. The molecule has 0 saturated heterocycles. The predicted molar refractivity (Wildman–Crippen MR) is 92.2 cm³/mol. The highest BCUT2D eigenvalue weighted by Gasteiger charge is 2.14. The Morgan fingerprint density at radius 3 is 2.43 bits per heavy atom. The van der Waals surface area contributed by atoms with Gasteiger partial charge in [0.05, 0.1) is 0 Å². The molecule has 0 bridgehead atoms. The summed E-state index contributed by atoms with van der Waals surface area (Å²) in [5.74, 6) is 2.97. The van der Waals surface area contributed by atoms with Crippen LogP contribution < -0.4 is 10.2 Å². The standard InChI is InChI=1S/C17H32N4/c1-6-9-10-12-21(14(4)5)17-13-16(18-8-3)19-15(20-17)11-7-2/h13-14H,6-12H2,1-5H3,(H,18,19,20). The number of unbranched alkanes of at least 4 members (excludes halogenated alkanes) is 2. The van der Waals surface area contributed by atoms with Gasteiger partial charge in [-0.2, -0.15) is 0 Å².